The number of carbonyl (C=O) groups is 1. The molecule has 30 heavy (non-hydrogen) atoms. The molecule has 2 aromatic rings. The third-order valence-corrected chi connectivity index (χ3v) is 8.68. The van der Waals surface area contributed by atoms with Crippen LogP contribution < -0.4 is 9.64 Å². The zero-order valence-corrected chi connectivity index (χ0v) is 18.9. The largest absolute Gasteiger partial charge is 0.497 e. The second-order valence-electron chi connectivity index (χ2n) is 7.41. The minimum absolute atomic E-state index is 0.0440. The molecule has 2 saturated heterocycles. The number of ether oxygens (including phenoxy) is 1. The summed E-state index contributed by atoms with van der Waals surface area (Å²) in [6.45, 7) is 1.93. The van der Waals surface area contributed by atoms with Crippen molar-refractivity contribution in [3.63, 3.8) is 0 Å². The van der Waals surface area contributed by atoms with Gasteiger partial charge in [0, 0.05) is 16.0 Å². The summed E-state index contributed by atoms with van der Waals surface area (Å²) in [5.74, 6) is 0.572. The summed E-state index contributed by atoms with van der Waals surface area (Å²) in [6, 6.07) is 12.5. The number of benzene rings is 2. The van der Waals surface area contributed by atoms with Gasteiger partial charge in [0.25, 0.3) is 5.91 Å². The number of aliphatic imine (C=N–C) groups is 1. The lowest BCUT2D eigenvalue weighted by Crippen LogP contribution is -2.38. The molecule has 2 aliphatic rings. The number of anilines is 1. The van der Waals surface area contributed by atoms with Gasteiger partial charge in [0.1, 0.15) is 5.75 Å². The van der Waals surface area contributed by atoms with Gasteiger partial charge in [-0.1, -0.05) is 41.6 Å². The molecule has 2 aromatic carbocycles. The van der Waals surface area contributed by atoms with Crippen LogP contribution in [0.15, 0.2) is 47.5 Å². The molecule has 2 heterocycles. The van der Waals surface area contributed by atoms with Gasteiger partial charge >= 0.3 is 0 Å². The summed E-state index contributed by atoms with van der Waals surface area (Å²) in [5, 5.41) is 0.929. The molecule has 158 valence electrons. The minimum atomic E-state index is -3.12. The fraction of sp³-hybridized carbons (Fsp3) is 0.333. The maximum Gasteiger partial charge on any atom is 0.252 e. The number of amidine groups is 1. The van der Waals surface area contributed by atoms with Gasteiger partial charge < -0.3 is 9.64 Å². The SMILES string of the molecule is COc1ccc(CC(=O)N=C2S[C@@H]3CS(=O)(=O)C[C@H]3N2c2cc(Cl)ccc2C)cc1. The molecule has 2 aliphatic heterocycles. The van der Waals surface area contributed by atoms with Gasteiger partial charge in [-0.15, -0.1) is 0 Å². The van der Waals surface area contributed by atoms with Crippen molar-refractivity contribution in [2.75, 3.05) is 23.5 Å². The van der Waals surface area contributed by atoms with Gasteiger partial charge in [0.2, 0.25) is 0 Å². The Morgan fingerprint density at radius 3 is 2.67 bits per heavy atom. The molecule has 2 atom stereocenters. The molecular weight excluding hydrogens is 444 g/mol. The maximum atomic E-state index is 12.7. The summed E-state index contributed by atoms with van der Waals surface area (Å²) < 4.78 is 29.6. The number of amides is 1. The van der Waals surface area contributed by atoms with Crippen molar-refractivity contribution in [1.29, 1.82) is 0 Å². The monoisotopic (exact) mass is 464 g/mol. The van der Waals surface area contributed by atoms with E-state index in [9.17, 15) is 13.2 Å². The molecule has 1 amide bonds. The lowest BCUT2D eigenvalue weighted by Gasteiger charge is -2.26. The fourth-order valence-electron chi connectivity index (χ4n) is 3.75. The van der Waals surface area contributed by atoms with Crippen molar-refractivity contribution < 1.29 is 17.9 Å². The molecule has 0 N–H and O–H groups in total. The third kappa shape index (κ3) is 4.36. The highest BCUT2D eigenvalue weighted by Gasteiger charge is 2.49. The number of sulfone groups is 1. The Kier molecular flexibility index (Phi) is 5.83. The number of thioether (sulfide) groups is 1. The molecule has 0 unspecified atom stereocenters. The maximum absolute atomic E-state index is 12.7. The van der Waals surface area contributed by atoms with Crippen molar-refractivity contribution in [3.05, 3.63) is 58.6 Å². The zero-order chi connectivity index (χ0) is 21.5. The van der Waals surface area contributed by atoms with E-state index < -0.39 is 9.84 Å². The van der Waals surface area contributed by atoms with Gasteiger partial charge in [-0.05, 0) is 42.3 Å². The first kappa shape index (κ1) is 21.2. The van der Waals surface area contributed by atoms with Gasteiger partial charge in [-0.2, -0.15) is 4.99 Å². The van der Waals surface area contributed by atoms with Crippen molar-refractivity contribution in [1.82, 2.24) is 0 Å². The molecule has 9 heteroatoms. The van der Waals surface area contributed by atoms with E-state index in [-0.39, 0.29) is 35.1 Å². The number of rotatable bonds is 4. The zero-order valence-electron chi connectivity index (χ0n) is 16.5. The predicted octanol–water partition coefficient (Wildman–Crippen LogP) is 3.50. The van der Waals surface area contributed by atoms with Crippen LogP contribution in [-0.4, -0.2) is 49.4 Å². The second-order valence-corrected chi connectivity index (χ2v) is 11.2. The summed E-state index contributed by atoms with van der Waals surface area (Å²) in [7, 11) is -1.53. The normalized spacial score (nSPS) is 23.6. The number of carbonyl (C=O) groups excluding carboxylic acids is 1. The Morgan fingerprint density at radius 1 is 1.23 bits per heavy atom. The van der Waals surface area contributed by atoms with E-state index in [1.54, 1.807) is 31.4 Å². The first-order valence-corrected chi connectivity index (χ1v) is 12.5. The van der Waals surface area contributed by atoms with Crippen molar-refractivity contribution >= 4 is 50.0 Å². The number of hydrogen-bond acceptors (Lipinski definition) is 5. The first-order valence-electron chi connectivity index (χ1n) is 9.42. The van der Waals surface area contributed by atoms with Gasteiger partial charge in [-0.3, -0.25) is 4.79 Å². The van der Waals surface area contributed by atoms with Crippen LogP contribution in [0.1, 0.15) is 11.1 Å². The van der Waals surface area contributed by atoms with Crippen molar-refractivity contribution in [3.8, 4) is 5.75 Å². The highest BCUT2D eigenvalue weighted by Crippen LogP contribution is 2.42. The van der Waals surface area contributed by atoms with Crippen LogP contribution in [0.3, 0.4) is 0 Å². The van der Waals surface area contributed by atoms with Crippen molar-refractivity contribution in [2.45, 2.75) is 24.6 Å². The number of methoxy groups -OCH3 is 1. The molecule has 6 nitrogen and oxygen atoms in total. The van der Waals surface area contributed by atoms with Crippen LogP contribution in [0.2, 0.25) is 5.02 Å². The van der Waals surface area contributed by atoms with Crippen LogP contribution in [0, 0.1) is 6.92 Å². The summed E-state index contributed by atoms with van der Waals surface area (Å²) in [6.07, 6.45) is 0.157. The van der Waals surface area contributed by atoms with Crippen LogP contribution >= 0.6 is 23.4 Å². The molecule has 0 aliphatic carbocycles. The average molecular weight is 465 g/mol. The number of halogens is 1. The Morgan fingerprint density at radius 2 is 1.97 bits per heavy atom. The highest BCUT2D eigenvalue weighted by atomic mass is 35.5. The lowest BCUT2D eigenvalue weighted by atomic mass is 10.1. The lowest BCUT2D eigenvalue weighted by molar-refractivity contribution is -0.117. The smallest absolute Gasteiger partial charge is 0.252 e. The van der Waals surface area contributed by atoms with Crippen LogP contribution in [-0.2, 0) is 21.1 Å². The number of fused-ring (bicyclic) bond motifs is 1. The Balaban J connectivity index is 1.64. The number of aryl methyl sites for hydroxylation is 1. The predicted molar refractivity (Wildman–Crippen MR) is 122 cm³/mol. The molecule has 0 radical (unpaired) electrons. The highest BCUT2D eigenvalue weighted by molar-refractivity contribution is 8.16. The molecule has 2 fully saturated rings. The van der Waals surface area contributed by atoms with E-state index in [1.165, 1.54) is 11.8 Å². The Labute approximate surface area is 185 Å². The topological polar surface area (TPSA) is 76.0 Å². The summed E-state index contributed by atoms with van der Waals surface area (Å²) in [4.78, 5) is 18.9. The molecule has 0 spiro atoms. The van der Waals surface area contributed by atoms with Crippen LogP contribution in [0.4, 0.5) is 5.69 Å². The summed E-state index contributed by atoms with van der Waals surface area (Å²) >= 11 is 7.57. The number of hydrogen-bond donors (Lipinski definition) is 0. The molecule has 4 rings (SSSR count). The van der Waals surface area contributed by atoms with Gasteiger partial charge in [0.15, 0.2) is 15.0 Å². The molecular formula is C21H21ClN2O4S2. The van der Waals surface area contributed by atoms with E-state index in [0.717, 1.165) is 22.6 Å². The van der Waals surface area contributed by atoms with E-state index in [0.29, 0.717) is 10.2 Å². The van der Waals surface area contributed by atoms with Crippen molar-refractivity contribution in [2.24, 2.45) is 4.99 Å². The molecule has 0 aromatic heterocycles. The van der Waals surface area contributed by atoms with E-state index in [2.05, 4.69) is 4.99 Å². The fourth-order valence-corrected chi connectivity index (χ4v) is 7.84. The quantitative estimate of drug-likeness (QED) is 0.689. The average Bonchev–Trinajstić information content (AvgIpc) is 3.15. The Hall–Kier alpha value is -2.03. The number of nitrogens with zero attached hydrogens (tertiary/aromatic N) is 2. The third-order valence-electron chi connectivity index (χ3n) is 5.23. The van der Waals surface area contributed by atoms with E-state index in [1.807, 2.05) is 30.0 Å². The molecule has 0 bridgehead atoms. The van der Waals surface area contributed by atoms with Gasteiger partial charge in [0.05, 0.1) is 31.1 Å². The van der Waals surface area contributed by atoms with E-state index in [4.69, 9.17) is 16.3 Å². The first-order chi connectivity index (χ1) is 14.3. The second kappa shape index (κ2) is 8.24. The standard InChI is InChI=1S/C21H21ClN2O4S2/c1-13-3-6-15(22)10-17(13)24-18-11-30(26,27)12-19(18)29-21(24)23-20(25)9-14-4-7-16(28-2)8-5-14/h3-8,10,18-19H,9,11-12H2,1-2H3/t18-,19-/m1/s1. The summed E-state index contributed by atoms with van der Waals surface area (Å²) in [5.41, 5.74) is 2.57. The van der Waals surface area contributed by atoms with Crippen LogP contribution in [0.25, 0.3) is 0 Å². The minimum Gasteiger partial charge on any atom is -0.497 e. The molecule has 0 saturated carbocycles. The van der Waals surface area contributed by atoms with Crippen LogP contribution in [0.5, 0.6) is 5.75 Å². The van der Waals surface area contributed by atoms with E-state index >= 15 is 0 Å². The Bertz CT molecular complexity index is 1120. The van der Waals surface area contributed by atoms with Gasteiger partial charge in [-0.25, -0.2) is 8.42 Å².